The van der Waals surface area contributed by atoms with Crippen LogP contribution in [0.25, 0.3) is 0 Å². The van der Waals surface area contributed by atoms with Gasteiger partial charge in [-0.1, -0.05) is 54.4 Å². The van der Waals surface area contributed by atoms with Crippen LogP contribution in [0.1, 0.15) is 68.5 Å². The summed E-state index contributed by atoms with van der Waals surface area (Å²) in [6, 6.07) is 14.0. The van der Waals surface area contributed by atoms with Gasteiger partial charge in [0.2, 0.25) is 15.9 Å². The number of aliphatic carboxylic acids is 1. The topological polar surface area (TPSA) is 95.0 Å². The Kier molecular flexibility index (Phi) is 7.79. The van der Waals surface area contributed by atoms with Gasteiger partial charge in [-0.3, -0.25) is 9.59 Å². The van der Waals surface area contributed by atoms with Crippen molar-refractivity contribution >= 4 is 45.1 Å². The highest BCUT2D eigenvalue weighted by atomic mass is 35.5. The van der Waals surface area contributed by atoms with Crippen LogP contribution in [0.5, 0.6) is 0 Å². The Bertz CT molecular complexity index is 1360. The number of hydrogen-bond donors (Lipinski definition) is 1. The van der Waals surface area contributed by atoms with Crippen molar-refractivity contribution in [2.45, 2.75) is 68.7 Å². The molecule has 2 aliphatic carbocycles. The summed E-state index contributed by atoms with van der Waals surface area (Å²) in [5.41, 5.74) is 0.599. The van der Waals surface area contributed by atoms with Gasteiger partial charge in [0.1, 0.15) is 0 Å². The molecule has 0 aromatic heterocycles. The first-order valence-electron chi connectivity index (χ1n) is 13.4. The van der Waals surface area contributed by atoms with Crippen LogP contribution in [0.4, 0.5) is 0 Å². The number of hydrogen-bond acceptors (Lipinski definition) is 4. The number of amides is 1. The molecule has 2 saturated carbocycles. The molecular formula is C29H34Cl2N2O5S. The Balaban J connectivity index is 1.65. The Labute approximate surface area is 240 Å². The van der Waals surface area contributed by atoms with Gasteiger partial charge in [-0.15, -0.1) is 0 Å². The Morgan fingerprint density at radius 1 is 1.08 bits per heavy atom. The summed E-state index contributed by atoms with van der Waals surface area (Å²) in [5.74, 6) is -1.43. The van der Waals surface area contributed by atoms with Gasteiger partial charge < -0.3 is 10.0 Å². The van der Waals surface area contributed by atoms with Gasteiger partial charge >= 0.3 is 5.97 Å². The average molecular weight is 594 g/mol. The number of sulfonamides is 1. The molecule has 210 valence electrons. The van der Waals surface area contributed by atoms with Crippen molar-refractivity contribution in [3.8, 4) is 0 Å². The standard InChI is InChI=1S/C29H34Cl2N2O5S/c1-29(16-26(34)35)15-24(20-4-3-5-22(31)14-20)27(19-8-10-21(30)11-9-19)33(28(29)36)25(18-6-7-18)17-32(2)39(37,38)23-12-13-23/h3-5,8-11,14,18,23-25,27H,6-7,12-13,15-17H2,1-2H3,(H,34,35)/t24-,25?,27-,29?/m1/s1. The van der Waals surface area contributed by atoms with Crippen LogP contribution in [0.3, 0.4) is 0 Å². The number of halogens is 2. The third-order valence-electron chi connectivity index (χ3n) is 8.48. The largest absolute Gasteiger partial charge is 0.481 e. The van der Waals surface area contributed by atoms with Crippen molar-refractivity contribution in [2.75, 3.05) is 13.6 Å². The first kappa shape index (κ1) is 28.4. The predicted molar refractivity (Wildman–Crippen MR) is 151 cm³/mol. The molecule has 1 saturated heterocycles. The van der Waals surface area contributed by atoms with E-state index >= 15 is 0 Å². The van der Waals surface area contributed by atoms with E-state index in [1.165, 1.54) is 4.31 Å². The van der Waals surface area contributed by atoms with Crippen LogP contribution in [0, 0.1) is 11.3 Å². The van der Waals surface area contributed by atoms with Gasteiger partial charge in [0, 0.05) is 35.6 Å². The van der Waals surface area contributed by atoms with E-state index in [0.717, 1.165) is 24.0 Å². The number of nitrogens with zero attached hydrogens (tertiary/aromatic N) is 2. The minimum Gasteiger partial charge on any atom is -0.481 e. The fourth-order valence-electron chi connectivity index (χ4n) is 6.18. The second-order valence-electron chi connectivity index (χ2n) is 11.6. The molecular weight excluding hydrogens is 559 g/mol. The van der Waals surface area contributed by atoms with Crippen LogP contribution < -0.4 is 0 Å². The summed E-state index contributed by atoms with van der Waals surface area (Å²) in [6.45, 7) is 1.89. The molecule has 2 unspecified atom stereocenters. The van der Waals surface area contributed by atoms with Gasteiger partial charge in [0.25, 0.3) is 0 Å². The molecule has 1 heterocycles. The first-order chi connectivity index (χ1) is 18.4. The zero-order chi connectivity index (χ0) is 28.1. The van der Waals surface area contributed by atoms with Crippen molar-refractivity contribution in [1.82, 2.24) is 9.21 Å². The van der Waals surface area contributed by atoms with E-state index in [4.69, 9.17) is 23.2 Å². The first-order valence-corrected chi connectivity index (χ1v) is 15.7. The van der Waals surface area contributed by atoms with Crippen molar-refractivity contribution in [2.24, 2.45) is 11.3 Å². The second kappa shape index (κ2) is 10.7. The summed E-state index contributed by atoms with van der Waals surface area (Å²) in [5, 5.41) is 10.6. The number of likely N-dealkylation sites (N-methyl/N-ethyl adjacent to an activating group) is 1. The van der Waals surface area contributed by atoms with E-state index in [1.54, 1.807) is 32.2 Å². The zero-order valence-corrected chi connectivity index (χ0v) is 24.4. The second-order valence-corrected chi connectivity index (χ2v) is 14.8. The number of benzene rings is 2. The smallest absolute Gasteiger partial charge is 0.304 e. The molecule has 10 heteroatoms. The van der Waals surface area contributed by atoms with Crippen molar-refractivity contribution in [3.63, 3.8) is 0 Å². The minimum atomic E-state index is -3.46. The summed E-state index contributed by atoms with van der Waals surface area (Å²) in [7, 11) is -1.87. The molecule has 1 N–H and O–H groups in total. The molecule has 0 spiro atoms. The molecule has 4 atom stereocenters. The molecule has 39 heavy (non-hydrogen) atoms. The summed E-state index contributed by atoms with van der Waals surface area (Å²) >= 11 is 12.6. The summed E-state index contributed by atoms with van der Waals surface area (Å²) < 4.78 is 27.7. The fourth-order valence-corrected chi connectivity index (χ4v) is 8.10. The van der Waals surface area contributed by atoms with Crippen molar-refractivity contribution < 1.29 is 23.1 Å². The Morgan fingerprint density at radius 3 is 2.31 bits per heavy atom. The molecule has 1 amide bonds. The van der Waals surface area contributed by atoms with Crippen LogP contribution in [0.15, 0.2) is 48.5 Å². The van der Waals surface area contributed by atoms with Crippen LogP contribution in [-0.4, -0.2) is 59.5 Å². The highest BCUT2D eigenvalue weighted by molar-refractivity contribution is 7.90. The molecule has 0 radical (unpaired) electrons. The lowest BCUT2D eigenvalue weighted by atomic mass is 9.67. The van der Waals surface area contributed by atoms with Crippen molar-refractivity contribution in [3.05, 3.63) is 69.7 Å². The minimum absolute atomic E-state index is 0.132. The molecule has 2 aromatic rings. The van der Waals surface area contributed by atoms with Crippen LogP contribution in [-0.2, 0) is 19.6 Å². The number of likely N-dealkylation sites (tertiary alicyclic amines) is 1. The number of piperidine rings is 1. The number of carbonyl (C=O) groups excluding carboxylic acids is 1. The highest BCUT2D eigenvalue weighted by Crippen LogP contribution is 2.54. The normalized spacial score (nSPS) is 26.6. The zero-order valence-electron chi connectivity index (χ0n) is 22.1. The maximum absolute atomic E-state index is 14.5. The quantitative estimate of drug-likeness (QED) is 0.380. The maximum Gasteiger partial charge on any atom is 0.304 e. The van der Waals surface area contributed by atoms with E-state index in [0.29, 0.717) is 29.3 Å². The molecule has 3 aliphatic rings. The lowest BCUT2D eigenvalue weighted by Gasteiger charge is -2.52. The van der Waals surface area contributed by atoms with Gasteiger partial charge in [-0.2, -0.15) is 0 Å². The highest BCUT2D eigenvalue weighted by Gasteiger charge is 2.55. The van der Waals surface area contributed by atoms with Crippen LogP contribution >= 0.6 is 23.2 Å². The van der Waals surface area contributed by atoms with Crippen molar-refractivity contribution in [1.29, 1.82) is 0 Å². The number of carbonyl (C=O) groups is 2. The van der Waals surface area contributed by atoms with Gasteiger partial charge in [-0.25, -0.2) is 12.7 Å². The van der Waals surface area contributed by atoms with Crippen LogP contribution in [0.2, 0.25) is 10.0 Å². The van der Waals surface area contributed by atoms with Gasteiger partial charge in [0.05, 0.1) is 23.1 Å². The Morgan fingerprint density at radius 2 is 1.74 bits per heavy atom. The van der Waals surface area contributed by atoms with E-state index in [-0.39, 0.29) is 36.0 Å². The van der Waals surface area contributed by atoms with Gasteiger partial charge in [0.15, 0.2) is 0 Å². The molecule has 1 aliphatic heterocycles. The van der Waals surface area contributed by atoms with E-state index in [9.17, 15) is 23.1 Å². The average Bonchev–Trinajstić information content (AvgIpc) is 3.77. The number of carboxylic acid groups (broad SMARTS) is 1. The number of carboxylic acids is 1. The predicted octanol–water partition coefficient (Wildman–Crippen LogP) is 5.73. The molecule has 7 nitrogen and oxygen atoms in total. The molecule has 0 bridgehead atoms. The lowest BCUT2D eigenvalue weighted by Crippen LogP contribution is -2.59. The molecule has 2 aromatic carbocycles. The monoisotopic (exact) mass is 592 g/mol. The summed E-state index contributed by atoms with van der Waals surface area (Å²) in [4.78, 5) is 28.3. The van der Waals surface area contributed by atoms with E-state index in [2.05, 4.69) is 0 Å². The SMILES string of the molecule is CN(CC(C1CC1)N1C(=O)C(C)(CC(=O)O)C[C@H](c2cccc(Cl)c2)[C@H]1c1ccc(Cl)cc1)S(=O)(=O)C1CC1. The maximum atomic E-state index is 14.5. The molecule has 3 fully saturated rings. The summed E-state index contributed by atoms with van der Waals surface area (Å²) in [6.07, 6.45) is 3.08. The molecule has 5 rings (SSSR count). The number of rotatable bonds is 10. The van der Waals surface area contributed by atoms with Gasteiger partial charge in [-0.05, 0) is 73.4 Å². The Hall–Kier alpha value is -2.13. The third kappa shape index (κ3) is 5.85. The van der Waals surface area contributed by atoms with E-state index < -0.39 is 33.5 Å². The fraction of sp³-hybridized carbons (Fsp3) is 0.517. The van der Waals surface area contributed by atoms with E-state index in [1.807, 2.05) is 35.2 Å². The lowest BCUT2D eigenvalue weighted by molar-refractivity contribution is -0.161. The third-order valence-corrected chi connectivity index (χ3v) is 11.3.